The molecule has 0 fully saturated rings. The van der Waals surface area contributed by atoms with Crippen LogP contribution in [0.25, 0.3) is 11.1 Å². The number of nitrogens with one attached hydrogen (secondary N) is 2. The van der Waals surface area contributed by atoms with E-state index in [2.05, 4.69) is 28.9 Å². The maximum atomic E-state index is 12.6. The van der Waals surface area contributed by atoms with Crippen LogP contribution in [0.3, 0.4) is 0 Å². The molecule has 0 aliphatic carbocycles. The molecule has 2 aromatic carbocycles. The van der Waals surface area contributed by atoms with Crippen LogP contribution in [0.1, 0.15) is 18.7 Å². The second-order valence-electron chi connectivity index (χ2n) is 7.89. The topological polar surface area (TPSA) is 92.7 Å². The quantitative estimate of drug-likeness (QED) is 0.335. The predicted octanol–water partition coefficient (Wildman–Crippen LogP) is 5.64. The Labute approximate surface area is 202 Å². The van der Waals surface area contributed by atoms with E-state index in [1.54, 1.807) is 63.6 Å². The fraction of sp³-hybridized carbons (Fsp3) is 0.182. The number of nitrogens with zero attached hydrogens (tertiary/aromatic N) is 2. The summed E-state index contributed by atoms with van der Waals surface area (Å²) in [6.07, 6.45) is 1.55. The van der Waals surface area contributed by atoms with Gasteiger partial charge in [0.15, 0.2) is 5.13 Å². The average Bonchev–Trinajstić information content (AvgIpc) is 3.44. The number of thiazole rings is 1. The number of aromatic nitrogens is 1. The van der Waals surface area contributed by atoms with Gasteiger partial charge in [-0.2, -0.15) is 0 Å². The minimum atomic E-state index is -3.70. The highest BCUT2D eigenvalue weighted by Gasteiger charge is 2.33. The van der Waals surface area contributed by atoms with E-state index in [4.69, 9.17) is 9.73 Å². The van der Waals surface area contributed by atoms with Crippen molar-refractivity contribution in [2.45, 2.75) is 24.3 Å². The molecule has 170 valence electrons. The molecule has 5 rings (SSSR count). The first-order chi connectivity index (χ1) is 15.8. The fourth-order valence-corrected chi connectivity index (χ4v) is 8.34. The number of ether oxygens (including phenoxy) is 1. The van der Waals surface area contributed by atoms with Crippen LogP contribution >= 0.6 is 32.0 Å². The van der Waals surface area contributed by atoms with Crippen molar-refractivity contribution in [1.29, 1.82) is 0 Å². The maximum Gasteiger partial charge on any atom is 0.263 e. The van der Waals surface area contributed by atoms with Crippen molar-refractivity contribution in [3.63, 3.8) is 0 Å². The molecule has 0 spiro atoms. The summed E-state index contributed by atoms with van der Waals surface area (Å²) in [5.41, 5.74) is 3.62. The molecule has 3 heterocycles. The third-order valence-corrected chi connectivity index (χ3v) is 10.0. The van der Waals surface area contributed by atoms with Crippen LogP contribution in [-0.2, 0) is 15.6 Å². The van der Waals surface area contributed by atoms with Crippen LogP contribution in [0.15, 0.2) is 63.9 Å². The molecule has 0 radical (unpaired) electrons. The Morgan fingerprint density at radius 3 is 2.61 bits per heavy atom. The molecule has 0 bridgehead atoms. The fourth-order valence-electron chi connectivity index (χ4n) is 3.61. The lowest BCUT2D eigenvalue weighted by atomic mass is 9.90. The maximum absolute atomic E-state index is 12.6. The molecular formula is C22H20N4O3S4. The Hall–Kier alpha value is -2.73. The van der Waals surface area contributed by atoms with Crippen molar-refractivity contribution in [2.75, 3.05) is 17.1 Å². The molecular weight excluding hydrogens is 497 g/mol. The Morgan fingerprint density at radius 2 is 1.91 bits per heavy atom. The number of methoxy groups -OCH3 is 1. The molecule has 0 saturated carbocycles. The average molecular weight is 517 g/mol. The number of anilines is 2. The van der Waals surface area contributed by atoms with E-state index in [1.165, 1.54) is 16.2 Å². The summed E-state index contributed by atoms with van der Waals surface area (Å²) in [5, 5.41) is 5.65. The highest BCUT2D eigenvalue weighted by molar-refractivity contribution is 7.93. The molecule has 0 atom stereocenters. The lowest BCUT2D eigenvalue weighted by Crippen LogP contribution is -2.31. The van der Waals surface area contributed by atoms with Crippen molar-refractivity contribution in [2.24, 2.45) is 4.99 Å². The summed E-state index contributed by atoms with van der Waals surface area (Å²) in [7, 11) is 1.26. The Kier molecular flexibility index (Phi) is 5.52. The molecule has 0 unspecified atom stereocenters. The van der Waals surface area contributed by atoms with Crippen molar-refractivity contribution >= 4 is 58.5 Å². The van der Waals surface area contributed by atoms with E-state index in [1.807, 2.05) is 18.2 Å². The third-order valence-electron chi connectivity index (χ3n) is 5.19. The highest BCUT2D eigenvalue weighted by atomic mass is 32.9. The SMILES string of the molecule is COc1ccc2c(c1)-c1c(ssc1=Nc1ccc(S(=O)(=O)Nc3nccs3)cc1)C(C)(C)N2. The monoisotopic (exact) mass is 516 g/mol. The lowest BCUT2D eigenvalue weighted by molar-refractivity contribution is 0.415. The molecule has 1 aliphatic rings. The van der Waals surface area contributed by atoms with Gasteiger partial charge in [-0.25, -0.2) is 18.4 Å². The summed E-state index contributed by atoms with van der Waals surface area (Å²) < 4.78 is 34.0. The zero-order chi connectivity index (χ0) is 23.2. The second-order valence-corrected chi connectivity index (χ2v) is 12.6. The molecule has 7 nitrogen and oxygen atoms in total. The number of benzene rings is 2. The van der Waals surface area contributed by atoms with Gasteiger partial charge >= 0.3 is 0 Å². The van der Waals surface area contributed by atoms with Crippen LogP contribution in [-0.4, -0.2) is 20.5 Å². The summed E-state index contributed by atoms with van der Waals surface area (Å²) in [6, 6.07) is 12.5. The molecule has 33 heavy (non-hydrogen) atoms. The van der Waals surface area contributed by atoms with Crippen LogP contribution in [0, 0.1) is 0 Å². The molecule has 2 aromatic heterocycles. The van der Waals surface area contributed by atoms with E-state index in [-0.39, 0.29) is 10.4 Å². The van der Waals surface area contributed by atoms with Gasteiger partial charge < -0.3 is 10.1 Å². The van der Waals surface area contributed by atoms with Crippen molar-refractivity contribution in [3.05, 3.63) is 63.6 Å². The van der Waals surface area contributed by atoms with Crippen molar-refractivity contribution < 1.29 is 13.2 Å². The van der Waals surface area contributed by atoms with E-state index in [0.29, 0.717) is 10.8 Å². The first-order valence-corrected chi connectivity index (χ1v) is 14.5. The van der Waals surface area contributed by atoms with Crippen molar-refractivity contribution in [1.82, 2.24) is 4.98 Å². The first-order valence-electron chi connectivity index (χ1n) is 9.94. The van der Waals surface area contributed by atoms with Gasteiger partial charge in [0, 0.05) is 28.4 Å². The molecule has 11 heteroatoms. The zero-order valence-electron chi connectivity index (χ0n) is 17.9. The Bertz CT molecular complexity index is 1490. The summed E-state index contributed by atoms with van der Waals surface area (Å²) in [5.74, 6) is 0.783. The normalized spacial score (nSPS) is 14.8. The van der Waals surface area contributed by atoms with Gasteiger partial charge in [-0.3, -0.25) is 4.72 Å². The van der Waals surface area contributed by atoms with E-state index in [0.717, 1.165) is 27.2 Å². The third kappa shape index (κ3) is 4.17. The van der Waals surface area contributed by atoms with Gasteiger partial charge in [0.2, 0.25) is 0 Å². The van der Waals surface area contributed by atoms with E-state index < -0.39 is 10.0 Å². The minimum Gasteiger partial charge on any atom is -0.497 e. The second kappa shape index (κ2) is 8.24. The number of sulfonamides is 1. The van der Waals surface area contributed by atoms with E-state index in [9.17, 15) is 8.42 Å². The number of fused-ring (bicyclic) bond motifs is 3. The molecule has 4 aromatic rings. The summed E-state index contributed by atoms with van der Waals surface area (Å²) >= 11 is 1.23. The van der Waals surface area contributed by atoms with Gasteiger partial charge in [0.05, 0.1) is 28.1 Å². The molecule has 0 amide bonds. The standard InChI is InChI=1S/C22H20N4O3S4/c1-22(2)19-18(16-12-14(29-3)6-9-17(16)25-22)20(32-31-19)24-13-4-7-15(8-5-13)33(27,28)26-21-23-10-11-30-21/h4-12,25H,1-3H3,(H,23,26). The largest absolute Gasteiger partial charge is 0.497 e. The first kappa shape index (κ1) is 22.1. The predicted molar refractivity (Wildman–Crippen MR) is 135 cm³/mol. The van der Waals surface area contributed by atoms with Crippen LogP contribution in [0.4, 0.5) is 16.5 Å². The Morgan fingerprint density at radius 1 is 1.12 bits per heavy atom. The zero-order valence-corrected chi connectivity index (χ0v) is 21.2. The Balaban J connectivity index is 1.54. The van der Waals surface area contributed by atoms with Crippen LogP contribution in [0.5, 0.6) is 5.75 Å². The van der Waals surface area contributed by atoms with Crippen molar-refractivity contribution in [3.8, 4) is 16.9 Å². The van der Waals surface area contributed by atoms with Gasteiger partial charge in [0.1, 0.15) is 10.4 Å². The van der Waals surface area contributed by atoms with Crippen LogP contribution in [0.2, 0.25) is 0 Å². The van der Waals surface area contributed by atoms with Gasteiger partial charge in [-0.15, -0.1) is 11.3 Å². The van der Waals surface area contributed by atoms with Gasteiger partial charge in [-0.05, 0) is 56.3 Å². The molecule has 2 N–H and O–H groups in total. The van der Waals surface area contributed by atoms with Gasteiger partial charge in [-0.1, -0.05) is 20.7 Å². The lowest BCUT2D eigenvalue weighted by Gasteiger charge is -2.33. The summed E-state index contributed by atoms with van der Waals surface area (Å²) in [6.45, 7) is 4.31. The summed E-state index contributed by atoms with van der Waals surface area (Å²) in [4.78, 5) is 10.2. The number of hydrogen-bond donors (Lipinski definition) is 2. The number of hydrogen-bond acceptors (Lipinski definition) is 9. The van der Waals surface area contributed by atoms with Crippen LogP contribution < -0.4 is 19.4 Å². The number of rotatable bonds is 5. The van der Waals surface area contributed by atoms with E-state index >= 15 is 0 Å². The smallest absolute Gasteiger partial charge is 0.263 e. The molecule has 0 saturated heterocycles. The molecule has 1 aliphatic heterocycles. The van der Waals surface area contributed by atoms with Gasteiger partial charge in [0.25, 0.3) is 10.0 Å². The highest BCUT2D eigenvalue weighted by Crippen LogP contribution is 2.46. The minimum absolute atomic E-state index is 0.160.